The molecular formula is C20H15N3O5. The van der Waals surface area contributed by atoms with Crippen LogP contribution >= 0.6 is 0 Å². The molecule has 0 saturated heterocycles. The lowest BCUT2D eigenvalue weighted by Crippen LogP contribution is -2.12. The van der Waals surface area contributed by atoms with Gasteiger partial charge in [-0.25, -0.2) is 0 Å². The Morgan fingerprint density at radius 3 is 2.43 bits per heavy atom. The van der Waals surface area contributed by atoms with Gasteiger partial charge in [0, 0.05) is 23.5 Å². The Labute approximate surface area is 159 Å². The Balaban J connectivity index is 1.66. The van der Waals surface area contributed by atoms with E-state index in [1.165, 1.54) is 30.5 Å². The predicted octanol–water partition coefficient (Wildman–Crippen LogP) is 4.09. The van der Waals surface area contributed by atoms with Gasteiger partial charge in [0.05, 0.1) is 16.7 Å². The Kier molecular flexibility index (Phi) is 5.61. The van der Waals surface area contributed by atoms with Crippen LogP contribution in [0.4, 0.5) is 17.1 Å². The number of hydrogen-bond donors (Lipinski definition) is 2. The average Bonchev–Trinajstić information content (AvgIpc) is 3.22. The topological polar surface area (TPSA) is 114 Å². The van der Waals surface area contributed by atoms with E-state index < -0.39 is 16.7 Å². The first-order chi connectivity index (χ1) is 13.5. The van der Waals surface area contributed by atoms with Gasteiger partial charge < -0.3 is 15.1 Å². The highest BCUT2D eigenvalue weighted by Crippen LogP contribution is 2.20. The van der Waals surface area contributed by atoms with Crippen LogP contribution in [-0.2, 0) is 4.79 Å². The van der Waals surface area contributed by atoms with E-state index in [2.05, 4.69) is 10.6 Å². The molecule has 28 heavy (non-hydrogen) atoms. The molecule has 8 nitrogen and oxygen atoms in total. The highest BCUT2D eigenvalue weighted by Gasteiger charge is 2.11. The highest BCUT2D eigenvalue weighted by atomic mass is 16.6. The second kappa shape index (κ2) is 8.45. The minimum atomic E-state index is -0.511. The fraction of sp³-hybridized carbons (Fsp3) is 0. The van der Waals surface area contributed by atoms with E-state index in [-0.39, 0.29) is 11.4 Å². The molecule has 0 aliphatic heterocycles. The van der Waals surface area contributed by atoms with Crippen LogP contribution in [0.25, 0.3) is 6.08 Å². The van der Waals surface area contributed by atoms with Gasteiger partial charge >= 0.3 is 0 Å². The number of carbonyl (C=O) groups is 2. The van der Waals surface area contributed by atoms with Crippen molar-refractivity contribution in [1.29, 1.82) is 0 Å². The minimum Gasteiger partial charge on any atom is -0.459 e. The third-order valence-corrected chi connectivity index (χ3v) is 3.68. The van der Waals surface area contributed by atoms with E-state index in [9.17, 15) is 19.7 Å². The van der Waals surface area contributed by atoms with Gasteiger partial charge in [0.2, 0.25) is 5.91 Å². The zero-order valence-corrected chi connectivity index (χ0v) is 14.5. The lowest BCUT2D eigenvalue weighted by molar-refractivity contribution is -0.385. The van der Waals surface area contributed by atoms with E-state index in [1.54, 1.807) is 48.5 Å². The lowest BCUT2D eigenvalue weighted by atomic mass is 10.1. The first-order valence-electron chi connectivity index (χ1n) is 8.20. The molecule has 0 bridgehead atoms. The maximum atomic E-state index is 12.1. The molecule has 0 spiro atoms. The lowest BCUT2D eigenvalue weighted by Gasteiger charge is -2.07. The molecule has 0 aliphatic carbocycles. The van der Waals surface area contributed by atoms with Crippen LogP contribution in [0, 0.1) is 10.1 Å². The molecule has 0 unspecified atom stereocenters. The summed E-state index contributed by atoms with van der Waals surface area (Å²) in [6.45, 7) is 0. The van der Waals surface area contributed by atoms with Crippen molar-refractivity contribution < 1.29 is 18.9 Å². The SMILES string of the molecule is O=C(/C=C/c1ccccc1[N+](=O)[O-])Nc1cccc(NC(=O)c2ccco2)c1. The van der Waals surface area contributed by atoms with Gasteiger partial charge in [-0.05, 0) is 42.5 Å². The number of hydrogen-bond acceptors (Lipinski definition) is 5. The normalized spacial score (nSPS) is 10.6. The maximum absolute atomic E-state index is 12.1. The second-order valence-electron chi connectivity index (χ2n) is 5.65. The van der Waals surface area contributed by atoms with Crippen LogP contribution < -0.4 is 10.6 Å². The molecule has 3 rings (SSSR count). The van der Waals surface area contributed by atoms with E-state index in [0.29, 0.717) is 16.9 Å². The first kappa shape index (κ1) is 18.6. The third kappa shape index (κ3) is 4.70. The largest absolute Gasteiger partial charge is 0.459 e. The molecule has 1 heterocycles. The van der Waals surface area contributed by atoms with E-state index >= 15 is 0 Å². The molecule has 2 aromatic carbocycles. The summed E-state index contributed by atoms with van der Waals surface area (Å²) < 4.78 is 5.02. The Bertz CT molecular complexity index is 1040. The van der Waals surface area contributed by atoms with Crippen LogP contribution in [0.2, 0.25) is 0 Å². The van der Waals surface area contributed by atoms with Gasteiger partial charge in [-0.2, -0.15) is 0 Å². The smallest absolute Gasteiger partial charge is 0.291 e. The van der Waals surface area contributed by atoms with Gasteiger partial charge in [-0.1, -0.05) is 18.2 Å². The molecule has 2 amide bonds. The number of carbonyl (C=O) groups excluding carboxylic acids is 2. The molecule has 0 aliphatic rings. The molecular weight excluding hydrogens is 362 g/mol. The predicted molar refractivity (Wildman–Crippen MR) is 104 cm³/mol. The Morgan fingerprint density at radius 2 is 1.71 bits per heavy atom. The fourth-order valence-electron chi connectivity index (χ4n) is 2.42. The van der Waals surface area contributed by atoms with Crippen molar-refractivity contribution in [2.45, 2.75) is 0 Å². The summed E-state index contributed by atoms with van der Waals surface area (Å²) in [6.07, 6.45) is 3.97. The molecule has 2 N–H and O–H groups in total. The van der Waals surface area contributed by atoms with Crippen molar-refractivity contribution in [3.8, 4) is 0 Å². The molecule has 0 saturated carbocycles. The Morgan fingerprint density at radius 1 is 0.964 bits per heavy atom. The van der Waals surface area contributed by atoms with Crippen LogP contribution in [0.3, 0.4) is 0 Å². The number of anilines is 2. The summed E-state index contributed by atoms with van der Waals surface area (Å²) in [5.74, 6) is -0.709. The molecule has 140 valence electrons. The molecule has 0 atom stereocenters. The van der Waals surface area contributed by atoms with Crippen LogP contribution in [0.1, 0.15) is 16.1 Å². The van der Waals surface area contributed by atoms with Gasteiger partial charge in [0.15, 0.2) is 5.76 Å². The number of nitro benzene ring substituents is 1. The highest BCUT2D eigenvalue weighted by molar-refractivity contribution is 6.04. The van der Waals surface area contributed by atoms with E-state index in [1.807, 2.05) is 0 Å². The molecule has 0 fully saturated rings. The van der Waals surface area contributed by atoms with Crippen LogP contribution in [0.5, 0.6) is 0 Å². The van der Waals surface area contributed by atoms with Crippen molar-refractivity contribution in [2.24, 2.45) is 0 Å². The number of nitrogens with zero attached hydrogens (tertiary/aromatic N) is 1. The summed E-state index contributed by atoms with van der Waals surface area (Å²) in [7, 11) is 0. The number of para-hydroxylation sites is 1. The van der Waals surface area contributed by atoms with Crippen molar-refractivity contribution >= 4 is 35.0 Å². The zero-order valence-electron chi connectivity index (χ0n) is 14.5. The molecule has 1 aromatic heterocycles. The molecule has 8 heteroatoms. The summed E-state index contributed by atoms with van der Waals surface area (Å²) in [4.78, 5) is 34.6. The van der Waals surface area contributed by atoms with Crippen molar-refractivity contribution in [3.05, 3.63) is 94.4 Å². The quantitative estimate of drug-likeness (QED) is 0.381. The van der Waals surface area contributed by atoms with Crippen molar-refractivity contribution in [1.82, 2.24) is 0 Å². The minimum absolute atomic E-state index is 0.0887. The Hall–Kier alpha value is -4.20. The van der Waals surface area contributed by atoms with Crippen molar-refractivity contribution in [3.63, 3.8) is 0 Å². The maximum Gasteiger partial charge on any atom is 0.291 e. The summed E-state index contributed by atoms with van der Waals surface area (Å²) in [5, 5.41) is 16.3. The number of benzene rings is 2. The first-order valence-corrected chi connectivity index (χ1v) is 8.20. The van der Waals surface area contributed by atoms with Crippen LogP contribution in [-0.4, -0.2) is 16.7 Å². The standard InChI is InChI=1S/C20H15N3O5/c24-19(11-10-14-5-1-2-8-17(14)23(26)27)21-15-6-3-7-16(13-15)22-20(25)18-9-4-12-28-18/h1-13H,(H,21,24)(H,22,25)/b11-10+. The average molecular weight is 377 g/mol. The molecule has 3 aromatic rings. The van der Waals surface area contributed by atoms with Gasteiger partial charge in [-0.3, -0.25) is 19.7 Å². The monoisotopic (exact) mass is 377 g/mol. The van der Waals surface area contributed by atoms with Gasteiger partial charge in [0.1, 0.15) is 0 Å². The summed E-state index contributed by atoms with van der Waals surface area (Å²) in [6, 6.07) is 15.8. The van der Waals surface area contributed by atoms with Gasteiger partial charge in [0.25, 0.3) is 11.6 Å². The fourth-order valence-corrected chi connectivity index (χ4v) is 2.42. The number of nitro groups is 1. The number of amides is 2. The third-order valence-electron chi connectivity index (χ3n) is 3.68. The van der Waals surface area contributed by atoms with Gasteiger partial charge in [-0.15, -0.1) is 0 Å². The summed E-state index contributed by atoms with van der Waals surface area (Å²) >= 11 is 0. The number of rotatable bonds is 6. The number of nitrogens with one attached hydrogen (secondary N) is 2. The second-order valence-corrected chi connectivity index (χ2v) is 5.65. The number of furan rings is 1. The molecule has 0 radical (unpaired) electrons. The van der Waals surface area contributed by atoms with E-state index in [4.69, 9.17) is 4.42 Å². The zero-order chi connectivity index (χ0) is 19.9. The summed E-state index contributed by atoms with van der Waals surface area (Å²) in [5.41, 5.74) is 1.16. The van der Waals surface area contributed by atoms with E-state index in [0.717, 1.165) is 0 Å². The van der Waals surface area contributed by atoms with Crippen LogP contribution in [0.15, 0.2) is 77.4 Å². The van der Waals surface area contributed by atoms with Crippen molar-refractivity contribution in [2.75, 3.05) is 10.6 Å².